The van der Waals surface area contributed by atoms with Crippen molar-refractivity contribution in [3.8, 4) is 5.75 Å². The molecule has 2 aliphatic rings. The van der Waals surface area contributed by atoms with Crippen molar-refractivity contribution in [2.75, 3.05) is 6.61 Å². The second kappa shape index (κ2) is 3.16. The highest BCUT2D eigenvalue weighted by atomic mass is 79.9. The van der Waals surface area contributed by atoms with Crippen LogP contribution in [0.3, 0.4) is 0 Å². The first-order valence-electron chi connectivity index (χ1n) is 5.39. The average molecular weight is 298 g/mol. The van der Waals surface area contributed by atoms with Crippen LogP contribution in [0.4, 0.5) is 4.79 Å². The van der Waals surface area contributed by atoms with Crippen LogP contribution in [0, 0.1) is 0 Å². The lowest BCUT2D eigenvalue weighted by Gasteiger charge is -2.33. The third-order valence-electron chi connectivity index (χ3n) is 3.54. The van der Waals surface area contributed by atoms with Crippen molar-refractivity contribution < 1.29 is 14.3 Å². The van der Waals surface area contributed by atoms with Crippen molar-refractivity contribution in [3.05, 3.63) is 28.2 Å². The molecular formula is C12H12BrNO3. The topological polar surface area (TPSA) is 47.6 Å². The Labute approximate surface area is 107 Å². The van der Waals surface area contributed by atoms with E-state index in [1.54, 1.807) is 0 Å². The van der Waals surface area contributed by atoms with Crippen LogP contribution in [-0.2, 0) is 10.3 Å². The quantitative estimate of drug-likeness (QED) is 0.800. The van der Waals surface area contributed by atoms with Gasteiger partial charge >= 0.3 is 6.09 Å². The van der Waals surface area contributed by atoms with E-state index < -0.39 is 17.2 Å². The van der Waals surface area contributed by atoms with Gasteiger partial charge in [-0.2, -0.15) is 0 Å². The van der Waals surface area contributed by atoms with Gasteiger partial charge in [-0.15, -0.1) is 0 Å². The Morgan fingerprint density at radius 1 is 1.41 bits per heavy atom. The van der Waals surface area contributed by atoms with Gasteiger partial charge in [-0.25, -0.2) is 4.79 Å². The van der Waals surface area contributed by atoms with Gasteiger partial charge in [0.1, 0.15) is 23.5 Å². The lowest BCUT2D eigenvalue weighted by molar-refractivity contribution is 0.0218. The maximum absolute atomic E-state index is 11.5. The molecule has 2 heterocycles. The van der Waals surface area contributed by atoms with Crippen LogP contribution in [0.15, 0.2) is 22.7 Å². The van der Waals surface area contributed by atoms with E-state index in [4.69, 9.17) is 9.47 Å². The molecule has 0 bridgehead atoms. The molecule has 1 aromatic carbocycles. The van der Waals surface area contributed by atoms with Crippen LogP contribution in [0.2, 0.25) is 0 Å². The number of halogens is 1. The fourth-order valence-electron chi connectivity index (χ4n) is 2.50. The van der Waals surface area contributed by atoms with Crippen LogP contribution < -0.4 is 10.1 Å². The van der Waals surface area contributed by atoms with Gasteiger partial charge in [0.15, 0.2) is 0 Å². The Morgan fingerprint density at radius 3 is 2.82 bits per heavy atom. The number of ether oxygens (including phenoxy) is 2. The number of nitrogens with one attached hydrogen (secondary N) is 1. The molecule has 5 heteroatoms. The van der Waals surface area contributed by atoms with E-state index in [1.807, 2.05) is 32.0 Å². The minimum Gasteiger partial charge on any atom is -0.490 e. The summed E-state index contributed by atoms with van der Waals surface area (Å²) in [6, 6.07) is 5.81. The smallest absolute Gasteiger partial charge is 0.408 e. The van der Waals surface area contributed by atoms with E-state index >= 15 is 0 Å². The van der Waals surface area contributed by atoms with Crippen LogP contribution >= 0.6 is 15.9 Å². The fourth-order valence-corrected chi connectivity index (χ4v) is 2.84. The summed E-state index contributed by atoms with van der Waals surface area (Å²) in [5, 5.41) is 2.89. The van der Waals surface area contributed by atoms with E-state index in [0.717, 1.165) is 15.8 Å². The van der Waals surface area contributed by atoms with E-state index in [2.05, 4.69) is 21.2 Å². The number of benzene rings is 1. The van der Waals surface area contributed by atoms with Gasteiger partial charge in [0.2, 0.25) is 0 Å². The molecule has 2 aliphatic heterocycles. The molecule has 4 nitrogen and oxygen atoms in total. The molecule has 1 unspecified atom stereocenters. The number of alkyl carbamates (subject to hydrolysis) is 1. The maximum Gasteiger partial charge on any atom is 0.408 e. The molecule has 1 atom stereocenters. The lowest BCUT2D eigenvalue weighted by Crippen LogP contribution is -2.52. The second-order valence-corrected chi connectivity index (χ2v) is 5.77. The Morgan fingerprint density at radius 2 is 2.18 bits per heavy atom. The van der Waals surface area contributed by atoms with E-state index in [1.165, 1.54) is 0 Å². The third kappa shape index (κ3) is 1.32. The molecule has 0 aliphatic carbocycles. The van der Waals surface area contributed by atoms with Crippen molar-refractivity contribution >= 4 is 22.0 Å². The predicted molar refractivity (Wildman–Crippen MR) is 65.0 cm³/mol. The molecule has 0 radical (unpaired) electrons. The largest absolute Gasteiger partial charge is 0.490 e. The van der Waals surface area contributed by atoms with Crippen molar-refractivity contribution in [2.45, 2.75) is 25.0 Å². The molecular weight excluding hydrogens is 286 g/mol. The zero-order valence-corrected chi connectivity index (χ0v) is 11.1. The lowest BCUT2D eigenvalue weighted by atomic mass is 9.79. The minimum atomic E-state index is -0.622. The summed E-state index contributed by atoms with van der Waals surface area (Å²) in [7, 11) is 0. The van der Waals surface area contributed by atoms with Gasteiger partial charge in [0.25, 0.3) is 0 Å². The molecule has 17 heavy (non-hydrogen) atoms. The Kier molecular flexibility index (Phi) is 2.03. The molecule has 0 aromatic heterocycles. The van der Waals surface area contributed by atoms with Gasteiger partial charge in [0, 0.05) is 10.0 Å². The SMILES string of the molecule is CC1(C)OC(=O)NC12COc1cc(Br)ccc12. The van der Waals surface area contributed by atoms with Crippen LogP contribution in [-0.4, -0.2) is 18.3 Å². The van der Waals surface area contributed by atoms with E-state index in [0.29, 0.717) is 6.61 Å². The number of cyclic esters (lactones) is 1. The first-order valence-corrected chi connectivity index (χ1v) is 6.18. The maximum atomic E-state index is 11.5. The molecule has 1 spiro atoms. The Bertz CT molecular complexity index is 514. The number of fused-ring (bicyclic) bond motifs is 2. The van der Waals surface area contributed by atoms with Gasteiger partial charge in [-0.1, -0.05) is 22.0 Å². The third-order valence-corrected chi connectivity index (χ3v) is 4.03. The summed E-state index contributed by atoms with van der Waals surface area (Å²) in [6.07, 6.45) is -0.394. The van der Waals surface area contributed by atoms with Crippen molar-refractivity contribution in [3.63, 3.8) is 0 Å². The zero-order valence-electron chi connectivity index (χ0n) is 9.54. The van der Waals surface area contributed by atoms with Crippen molar-refractivity contribution in [1.82, 2.24) is 5.32 Å². The van der Waals surface area contributed by atoms with Crippen molar-refractivity contribution in [2.24, 2.45) is 0 Å². The zero-order chi connectivity index (χ0) is 12.3. The van der Waals surface area contributed by atoms with E-state index in [9.17, 15) is 4.79 Å². The number of amides is 1. The number of carbonyl (C=O) groups excluding carboxylic acids is 1. The highest BCUT2D eigenvalue weighted by molar-refractivity contribution is 9.10. The molecule has 1 N–H and O–H groups in total. The van der Waals surface area contributed by atoms with Crippen LogP contribution in [0.25, 0.3) is 0 Å². The highest BCUT2D eigenvalue weighted by Crippen LogP contribution is 2.48. The van der Waals surface area contributed by atoms with Crippen molar-refractivity contribution in [1.29, 1.82) is 0 Å². The number of hydrogen-bond acceptors (Lipinski definition) is 3. The predicted octanol–water partition coefficient (Wildman–Crippen LogP) is 2.56. The summed E-state index contributed by atoms with van der Waals surface area (Å²) in [6.45, 7) is 4.19. The number of carbonyl (C=O) groups is 1. The van der Waals surface area contributed by atoms with Crippen LogP contribution in [0.5, 0.6) is 5.75 Å². The first kappa shape index (κ1) is 10.9. The summed E-state index contributed by atoms with van der Waals surface area (Å²) in [4.78, 5) is 11.5. The Balaban J connectivity index is 2.17. The minimum absolute atomic E-state index is 0.394. The number of hydrogen-bond donors (Lipinski definition) is 1. The summed E-state index contributed by atoms with van der Waals surface area (Å²) in [5.74, 6) is 0.790. The Hall–Kier alpha value is -1.23. The van der Waals surface area contributed by atoms with E-state index in [-0.39, 0.29) is 0 Å². The van der Waals surface area contributed by atoms with Gasteiger partial charge in [-0.3, -0.25) is 0 Å². The normalized spacial score (nSPS) is 28.5. The van der Waals surface area contributed by atoms with Crippen LogP contribution in [0.1, 0.15) is 19.4 Å². The molecule has 1 fully saturated rings. The second-order valence-electron chi connectivity index (χ2n) is 4.86. The molecule has 1 saturated heterocycles. The standard InChI is InChI=1S/C12H12BrNO3/c1-11(2)12(14-10(15)17-11)6-16-9-5-7(13)3-4-8(9)12/h3-5H,6H2,1-2H3,(H,14,15). The van der Waals surface area contributed by atoms with Gasteiger partial charge < -0.3 is 14.8 Å². The fraction of sp³-hybridized carbons (Fsp3) is 0.417. The first-order chi connectivity index (χ1) is 7.95. The van der Waals surface area contributed by atoms with Gasteiger partial charge in [-0.05, 0) is 26.0 Å². The highest BCUT2D eigenvalue weighted by Gasteiger charge is 2.60. The molecule has 0 saturated carbocycles. The number of rotatable bonds is 0. The average Bonchev–Trinajstić information content (AvgIpc) is 2.67. The molecule has 1 amide bonds. The molecule has 1 aromatic rings. The summed E-state index contributed by atoms with van der Waals surface area (Å²) < 4.78 is 12.0. The van der Waals surface area contributed by atoms with Gasteiger partial charge in [0.05, 0.1) is 0 Å². The molecule has 3 rings (SSSR count). The summed E-state index contributed by atoms with van der Waals surface area (Å²) >= 11 is 3.40. The summed E-state index contributed by atoms with van der Waals surface area (Å²) in [5.41, 5.74) is -0.236. The molecule has 90 valence electrons. The monoisotopic (exact) mass is 297 g/mol.